The van der Waals surface area contributed by atoms with Crippen LogP contribution >= 0.6 is 23.2 Å². The molecule has 1 aliphatic rings. The number of aliphatic hydroxyl groups is 1. The summed E-state index contributed by atoms with van der Waals surface area (Å²) in [6.45, 7) is 0.506. The smallest absolute Gasteiger partial charge is 0.0929 e. The number of nitrogens with zero attached hydrogens (tertiary/aromatic N) is 1. The van der Waals surface area contributed by atoms with Gasteiger partial charge in [0, 0.05) is 30.5 Å². The van der Waals surface area contributed by atoms with E-state index in [4.69, 9.17) is 23.2 Å². The maximum Gasteiger partial charge on any atom is 0.0929 e. The van der Waals surface area contributed by atoms with E-state index in [9.17, 15) is 5.11 Å². The molecule has 0 fully saturated rings. The van der Waals surface area contributed by atoms with Gasteiger partial charge in [-0.2, -0.15) is 0 Å². The quantitative estimate of drug-likeness (QED) is 0.908. The van der Waals surface area contributed by atoms with Crippen molar-refractivity contribution in [3.8, 4) is 0 Å². The Morgan fingerprint density at radius 2 is 1.90 bits per heavy atom. The van der Waals surface area contributed by atoms with E-state index in [2.05, 4.69) is 10.3 Å². The second kappa shape index (κ2) is 6.32. The number of fused-ring (bicyclic) bond motifs is 1. The minimum Gasteiger partial charge on any atom is -0.387 e. The summed E-state index contributed by atoms with van der Waals surface area (Å²) in [5, 5.41) is 14.7. The molecule has 0 radical (unpaired) electrons. The summed E-state index contributed by atoms with van der Waals surface area (Å²) in [5.41, 5.74) is 3.29. The zero-order valence-corrected chi connectivity index (χ0v) is 12.9. The van der Waals surface area contributed by atoms with Crippen molar-refractivity contribution in [2.45, 2.75) is 25.0 Å². The number of hydrogen-bond donors (Lipinski definition) is 2. The third-order valence-electron chi connectivity index (χ3n) is 3.84. The van der Waals surface area contributed by atoms with Gasteiger partial charge in [0.2, 0.25) is 0 Å². The van der Waals surface area contributed by atoms with E-state index >= 15 is 0 Å². The average molecular weight is 323 g/mol. The maximum atomic E-state index is 10.1. The predicted octanol–water partition coefficient (Wildman–Crippen LogP) is 3.18. The average Bonchev–Trinajstić information content (AvgIpc) is 2.88. The standard InChI is InChI=1S/C16H16Cl2N2O/c17-14-6-11-4-13(5-12(11)7-15(14)18)20-9-16(21)10-2-1-3-19-8-10/h1-3,6-8,13,16,20-21H,4-5,9H2/t16-/m1/s1. The number of aromatic nitrogens is 1. The van der Waals surface area contributed by atoms with E-state index in [1.165, 1.54) is 11.1 Å². The van der Waals surface area contributed by atoms with Gasteiger partial charge in [-0.15, -0.1) is 0 Å². The molecule has 5 heteroatoms. The van der Waals surface area contributed by atoms with Gasteiger partial charge < -0.3 is 10.4 Å². The highest BCUT2D eigenvalue weighted by Crippen LogP contribution is 2.31. The Morgan fingerprint density at radius 1 is 1.24 bits per heavy atom. The van der Waals surface area contributed by atoms with Crippen LogP contribution in [0.5, 0.6) is 0 Å². The van der Waals surface area contributed by atoms with Crippen LogP contribution in [0.3, 0.4) is 0 Å². The lowest BCUT2D eigenvalue weighted by atomic mass is 10.1. The molecule has 1 aromatic heterocycles. The molecule has 1 aliphatic carbocycles. The van der Waals surface area contributed by atoms with Gasteiger partial charge in [0.05, 0.1) is 16.1 Å². The molecule has 0 saturated heterocycles. The predicted molar refractivity (Wildman–Crippen MR) is 84.9 cm³/mol. The number of nitrogens with one attached hydrogen (secondary N) is 1. The van der Waals surface area contributed by atoms with E-state index in [0.29, 0.717) is 22.6 Å². The summed E-state index contributed by atoms with van der Waals surface area (Å²) in [5.74, 6) is 0. The van der Waals surface area contributed by atoms with Gasteiger partial charge in [0.25, 0.3) is 0 Å². The van der Waals surface area contributed by atoms with E-state index < -0.39 is 6.10 Å². The first-order chi connectivity index (χ1) is 10.1. The zero-order valence-electron chi connectivity index (χ0n) is 11.4. The molecule has 0 bridgehead atoms. The largest absolute Gasteiger partial charge is 0.387 e. The van der Waals surface area contributed by atoms with Gasteiger partial charge in [-0.3, -0.25) is 4.98 Å². The Kier molecular flexibility index (Phi) is 4.45. The van der Waals surface area contributed by atoms with Crippen LogP contribution in [0.2, 0.25) is 10.0 Å². The highest BCUT2D eigenvalue weighted by molar-refractivity contribution is 6.42. The minimum atomic E-state index is -0.547. The summed E-state index contributed by atoms with van der Waals surface area (Å²) in [6.07, 6.45) is 4.66. The molecule has 3 nitrogen and oxygen atoms in total. The first kappa shape index (κ1) is 14.8. The monoisotopic (exact) mass is 322 g/mol. The topological polar surface area (TPSA) is 45.1 Å². The van der Waals surface area contributed by atoms with Crippen LogP contribution in [-0.2, 0) is 12.8 Å². The first-order valence-corrected chi connectivity index (χ1v) is 7.67. The normalized spacial score (nSPS) is 16.0. The molecule has 3 rings (SSSR count). The number of pyridine rings is 1. The lowest BCUT2D eigenvalue weighted by Crippen LogP contribution is -2.33. The van der Waals surface area contributed by atoms with E-state index in [-0.39, 0.29) is 0 Å². The van der Waals surface area contributed by atoms with Crippen LogP contribution < -0.4 is 5.32 Å². The van der Waals surface area contributed by atoms with Gasteiger partial charge in [0.15, 0.2) is 0 Å². The van der Waals surface area contributed by atoms with Crippen LogP contribution in [-0.4, -0.2) is 22.7 Å². The Morgan fingerprint density at radius 3 is 2.48 bits per heavy atom. The van der Waals surface area contributed by atoms with E-state index in [1.54, 1.807) is 12.4 Å². The molecule has 0 spiro atoms. The molecule has 0 saturated carbocycles. The fourth-order valence-electron chi connectivity index (χ4n) is 2.73. The van der Waals surface area contributed by atoms with Crippen molar-refractivity contribution in [1.29, 1.82) is 0 Å². The third-order valence-corrected chi connectivity index (χ3v) is 4.57. The third kappa shape index (κ3) is 3.38. The van der Waals surface area contributed by atoms with E-state index in [0.717, 1.165) is 18.4 Å². The molecular weight excluding hydrogens is 307 g/mol. The molecule has 0 unspecified atom stereocenters. The number of benzene rings is 1. The maximum absolute atomic E-state index is 10.1. The van der Waals surface area contributed by atoms with Crippen LogP contribution in [0.15, 0.2) is 36.7 Å². The molecule has 1 heterocycles. The lowest BCUT2D eigenvalue weighted by molar-refractivity contribution is 0.169. The number of hydrogen-bond acceptors (Lipinski definition) is 3. The first-order valence-electron chi connectivity index (χ1n) is 6.91. The summed E-state index contributed by atoms with van der Waals surface area (Å²) < 4.78 is 0. The molecule has 110 valence electrons. The Balaban J connectivity index is 1.59. The van der Waals surface area contributed by atoms with Crippen molar-refractivity contribution in [1.82, 2.24) is 10.3 Å². The van der Waals surface area contributed by atoms with Gasteiger partial charge in [-0.25, -0.2) is 0 Å². The minimum absolute atomic E-state index is 0.306. The van der Waals surface area contributed by atoms with Gasteiger partial charge >= 0.3 is 0 Å². The summed E-state index contributed by atoms with van der Waals surface area (Å²) in [7, 11) is 0. The second-order valence-corrected chi connectivity index (χ2v) is 6.17. The van der Waals surface area contributed by atoms with Gasteiger partial charge in [-0.05, 0) is 42.2 Å². The van der Waals surface area contributed by atoms with E-state index in [1.807, 2.05) is 24.3 Å². The molecule has 21 heavy (non-hydrogen) atoms. The van der Waals surface area contributed by atoms with Crippen molar-refractivity contribution in [3.05, 3.63) is 63.4 Å². The van der Waals surface area contributed by atoms with Crippen LogP contribution in [0.1, 0.15) is 22.8 Å². The van der Waals surface area contributed by atoms with Crippen molar-refractivity contribution < 1.29 is 5.11 Å². The summed E-state index contributed by atoms with van der Waals surface area (Å²) >= 11 is 12.1. The van der Waals surface area contributed by atoms with Crippen molar-refractivity contribution in [3.63, 3.8) is 0 Å². The molecule has 0 amide bonds. The number of halogens is 2. The Bertz CT molecular complexity index is 603. The van der Waals surface area contributed by atoms with Crippen LogP contribution in [0.25, 0.3) is 0 Å². The van der Waals surface area contributed by atoms with Gasteiger partial charge in [0.1, 0.15) is 0 Å². The SMILES string of the molecule is O[C@H](CNC1Cc2cc(Cl)c(Cl)cc2C1)c1cccnc1. The van der Waals surface area contributed by atoms with Crippen molar-refractivity contribution in [2.24, 2.45) is 0 Å². The Hall–Kier alpha value is -1.13. The molecule has 0 aliphatic heterocycles. The van der Waals surface area contributed by atoms with Gasteiger partial charge in [-0.1, -0.05) is 29.3 Å². The highest BCUT2D eigenvalue weighted by atomic mass is 35.5. The summed E-state index contributed by atoms with van der Waals surface area (Å²) in [4.78, 5) is 4.02. The number of rotatable bonds is 4. The second-order valence-electron chi connectivity index (χ2n) is 5.35. The molecule has 2 N–H and O–H groups in total. The van der Waals surface area contributed by atoms with Crippen LogP contribution in [0, 0.1) is 0 Å². The molecule has 1 atom stereocenters. The lowest BCUT2D eigenvalue weighted by Gasteiger charge is -2.16. The van der Waals surface area contributed by atoms with Crippen LogP contribution in [0.4, 0.5) is 0 Å². The molecule has 2 aromatic rings. The molecule has 1 aromatic carbocycles. The summed E-state index contributed by atoms with van der Waals surface area (Å²) in [6, 6.07) is 7.90. The number of aliphatic hydroxyl groups excluding tert-OH is 1. The fourth-order valence-corrected chi connectivity index (χ4v) is 3.10. The fraction of sp³-hybridized carbons (Fsp3) is 0.312. The van der Waals surface area contributed by atoms with Crippen molar-refractivity contribution in [2.75, 3.05) is 6.54 Å². The zero-order chi connectivity index (χ0) is 14.8. The highest BCUT2D eigenvalue weighted by Gasteiger charge is 2.23. The Labute approximate surface area is 133 Å². The molecular formula is C16H16Cl2N2O. The van der Waals surface area contributed by atoms with Crippen molar-refractivity contribution >= 4 is 23.2 Å².